The van der Waals surface area contributed by atoms with Gasteiger partial charge in [-0.25, -0.2) is 0 Å². The highest BCUT2D eigenvalue weighted by molar-refractivity contribution is 7.07. The lowest BCUT2D eigenvalue weighted by Gasteiger charge is -2.15. The number of amides is 1. The number of rotatable bonds is 4. The molecule has 3 N–H and O–H groups in total. The third-order valence-corrected chi connectivity index (χ3v) is 3.69. The fourth-order valence-corrected chi connectivity index (χ4v) is 2.54. The molecule has 0 aromatic carbocycles. The topological polar surface area (TPSA) is 75.0 Å². The van der Waals surface area contributed by atoms with Crippen LogP contribution in [-0.2, 0) is 6.54 Å². The van der Waals surface area contributed by atoms with Gasteiger partial charge in [-0.1, -0.05) is 13.8 Å². The van der Waals surface area contributed by atoms with Crippen molar-refractivity contribution in [1.29, 1.82) is 0 Å². The van der Waals surface area contributed by atoms with E-state index in [9.17, 15) is 4.79 Å². The first kappa shape index (κ1) is 13.6. The van der Waals surface area contributed by atoms with Gasteiger partial charge in [-0.2, -0.15) is 16.4 Å². The van der Waals surface area contributed by atoms with Gasteiger partial charge in [-0.15, -0.1) is 0 Å². The Morgan fingerprint density at radius 2 is 2.32 bits per heavy atom. The maximum absolute atomic E-state index is 12.3. The standard InChI is InChI=1S/C13H18N4OS/c1-8(2)11-10(14)12(16-15-11)13(18)17(3)6-9-4-5-19-7-9/h4-5,7-8H,6,14H2,1-3H3,(H,15,16). The van der Waals surface area contributed by atoms with Crippen molar-refractivity contribution >= 4 is 22.9 Å². The summed E-state index contributed by atoms with van der Waals surface area (Å²) in [6, 6.07) is 2.00. The second-order valence-corrected chi connectivity index (χ2v) is 5.63. The third-order valence-electron chi connectivity index (χ3n) is 2.96. The Hall–Kier alpha value is -1.82. The summed E-state index contributed by atoms with van der Waals surface area (Å²) in [6.07, 6.45) is 0. The number of thiophene rings is 1. The van der Waals surface area contributed by atoms with Gasteiger partial charge in [0, 0.05) is 13.6 Å². The van der Waals surface area contributed by atoms with Crippen molar-refractivity contribution in [1.82, 2.24) is 15.1 Å². The smallest absolute Gasteiger partial charge is 0.276 e. The van der Waals surface area contributed by atoms with E-state index in [0.29, 0.717) is 17.9 Å². The first-order valence-electron chi connectivity index (χ1n) is 6.11. The number of carbonyl (C=O) groups excluding carboxylic acids is 1. The fraction of sp³-hybridized carbons (Fsp3) is 0.385. The summed E-state index contributed by atoms with van der Waals surface area (Å²) in [6.45, 7) is 4.58. The Morgan fingerprint density at radius 1 is 1.58 bits per heavy atom. The number of hydrogen-bond donors (Lipinski definition) is 2. The van der Waals surface area contributed by atoms with E-state index < -0.39 is 0 Å². The Balaban J connectivity index is 2.15. The van der Waals surface area contributed by atoms with E-state index >= 15 is 0 Å². The van der Waals surface area contributed by atoms with Crippen LogP contribution in [0.2, 0.25) is 0 Å². The highest BCUT2D eigenvalue weighted by atomic mass is 32.1. The van der Waals surface area contributed by atoms with Crippen LogP contribution in [0, 0.1) is 0 Å². The van der Waals surface area contributed by atoms with Crippen molar-refractivity contribution in [3.05, 3.63) is 33.8 Å². The lowest BCUT2D eigenvalue weighted by atomic mass is 10.1. The lowest BCUT2D eigenvalue weighted by molar-refractivity contribution is 0.0780. The predicted octanol–water partition coefficient (Wildman–Crippen LogP) is 2.45. The number of carbonyl (C=O) groups is 1. The summed E-state index contributed by atoms with van der Waals surface area (Å²) in [5.41, 5.74) is 8.66. The Labute approximate surface area is 116 Å². The number of H-pyrrole nitrogens is 1. The van der Waals surface area contributed by atoms with Gasteiger partial charge in [0.2, 0.25) is 0 Å². The number of nitrogens with two attached hydrogens (primary N) is 1. The van der Waals surface area contributed by atoms with E-state index in [4.69, 9.17) is 5.73 Å². The SMILES string of the molecule is CC(C)c1[nH]nc(C(=O)N(C)Cc2ccsc2)c1N. The molecule has 2 heterocycles. The molecule has 0 aliphatic rings. The molecule has 2 aromatic rings. The molecule has 0 radical (unpaired) electrons. The largest absolute Gasteiger partial charge is 0.395 e. The van der Waals surface area contributed by atoms with E-state index in [0.717, 1.165) is 11.3 Å². The average Bonchev–Trinajstić information content (AvgIpc) is 2.97. The fourth-order valence-electron chi connectivity index (χ4n) is 1.88. The second-order valence-electron chi connectivity index (χ2n) is 4.85. The number of aromatic amines is 1. The summed E-state index contributed by atoms with van der Waals surface area (Å²) in [5.74, 6) is 0.0584. The van der Waals surface area contributed by atoms with Crippen molar-refractivity contribution in [2.24, 2.45) is 0 Å². The zero-order valence-corrected chi connectivity index (χ0v) is 12.1. The van der Waals surface area contributed by atoms with Crippen LogP contribution in [0.4, 0.5) is 5.69 Å². The monoisotopic (exact) mass is 278 g/mol. The maximum Gasteiger partial charge on any atom is 0.276 e. The van der Waals surface area contributed by atoms with Crippen LogP contribution in [0.1, 0.15) is 41.5 Å². The first-order chi connectivity index (χ1) is 9.00. The van der Waals surface area contributed by atoms with Gasteiger partial charge in [0.1, 0.15) is 0 Å². The molecule has 2 rings (SSSR count). The zero-order chi connectivity index (χ0) is 14.0. The van der Waals surface area contributed by atoms with Gasteiger partial charge >= 0.3 is 0 Å². The summed E-state index contributed by atoms with van der Waals surface area (Å²) >= 11 is 1.62. The summed E-state index contributed by atoms with van der Waals surface area (Å²) in [5, 5.41) is 10.9. The molecule has 0 aliphatic heterocycles. The molecule has 0 unspecified atom stereocenters. The number of anilines is 1. The molecule has 0 bridgehead atoms. The molecule has 1 amide bonds. The molecule has 0 saturated carbocycles. The Kier molecular flexibility index (Phi) is 3.90. The molecule has 6 heteroatoms. The molecule has 0 aliphatic carbocycles. The van der Waals surface area contributed by atoms with Crippen molar-refractivity contribution in [3.63, 3.8) is 0 Å². The van der Waals surface area contributed by atoms with Gasteiger partial charge in [-0.3, -0.25) is 9.89 Å². The molecule has 0 fully saturated rings. The molecule has 102 valence electrons. The van der Waals surface area contributed by atoms with E-state index in [1.165, 1.54) is 0 Å². The summed E-state index contributed by atoms with van der Waals surface area (Å²) in [4.78, 5) is 13.9. The number of hydrogen-bond acceptors (Lipinski definition) is 4. The quantitative estimate of drug-likeness (QED) is 0.902. The molecule has 0 atom stereocenters. The van der Waals surface area contributed by atoms with Crippen LogP contribution in [-0.4, -0.2) is 28.1 Å². The number of nitrogen functional groups attached to an aromatic ring is 1. The lowest BCUT2D eigenvalue weighted by Crippen LogP contribution is -2.27. The van der Waals surface area contributed by atoms with Gasteiger partial charge in [0.25, 0.3) is 5.91 Å². The van der Waals surface area contributed by atoms with Gasteiger partial charge < -0.3 is 10.6 Å². The van der Waals surface area contributed by atoms with Crippen molar-refractivity contribution < 1.29 is 4.79 Å². The molecular formula is C13H18N4OS. The minimum Gasteiger partial charge on any atom is -0.395 e. The van der Waals surface area contributed by atoms with Crippen LogP contribution in [0.25, 0.3) is 0 Å². The second kappa shape index (κ2) is 5.44. The van der Waals surface area contributed by atoms with E-state index in [1.54, 1.807) is 23.3 Å². The molecule has 0 saturated heterocycles. The highest BCUT2D eigenvalue weighted by Gasteiger charge is 2.21. The van der Waals surface area contributed by atoms with E-state index in [-0.39, 0.29) is 11.8 Å². The number of aromatic nitrogens is 2. The van der Waals surface area contributed by atoms with E-state index in [1.807, 2.05) is 30.7 Å². The molecule has 0 spiro atoms. The van der Waals surface area contributed by atoms with Gasteiger partial charge in [-0.05, 0) is 28.3 Å². The van der Waals surface area contributed by atoms with Crippen LogP contribution in [0.5, 0.6) is 0 Å². The average molecular weight is 278 g/mol. The molecule has 5 nitrogen and oxygen atoms in total. The minimum absolute atomic E-state index is 0.160. The Bertz CT molecular complexity index is 559. The van der Waals surface area contributed by atoms with Crippen molar-refractivity contribution in [2.45, 2.75) is 26.3 Å². The van der Waals surface area contributed by atoms with Crippen molar-refractivity contribution in [3.8, 4) is 0 Å². The summed E-state index contributed by atoms with van der Waals surface area (Å²) in [7, 11) is 1.75. The maximum atomic E-state index is 12.3. The van der Waals surface area contributed by atoms with Crippen LogP contribution >= 0.6 is 11.3 Å². The zero-order valence-electron chi connectivity index (χ0n) is 11.3. The first-order valence-corrected chi connectivity index (χ1v) is 7.05. The molecule has 19 heavy (non-hydrogen) atoms. The van der Waals surface area contributed by atoms with Gasteiger partial charge in [0.05, 0.1) is 11.4 Å². The molecular weight excluding hydrogens is 260 g/mol. The van der Waals surface area contributed by atoms with Crippen LogP contribution < -0.4 is 5.73 Å². The highest BCUT2D eigenvalue weighted by Crippen LogP contribution is 2.23. The molecule has 2 aromatic heterocycles. The normalized spacial score (nSPS) is 10.9. The minimum atomic E-state index is -0.160. The van der Waals surface area contributed by atoms with Crippen LogP contribution in [0.3, 0.4) is 0 Å². The summed E-state index contributed by atoms with van der Waals surface area (Å²) < 4.78 is 0. The van der Waals surface area contributed by atoms with Crippen LogP contribution in [0.15, 0.2) is 16.8 Å². The predicted molar refractivity (Wildman–Crippen MR) is 77.2 cm³/mol. The van der Waals surface area contributed by atoms with Crippen molar-refractivity contribution in [2.75, 3.05) is 12.8 Å². The Morgan fingerprint density at radius 3 is 2.84 bits per heavy atom. The number of nitrogens with one attached hydrogen (secondary N) is 1. The van der Waals surface area contributed by atoms with E-state index in [2.05, 4.69) is 10.2 Å². The third kappa shape index (κ3) is 2.78. The number of nitrogens with zero attached hydrogens (tertiary/aromatic N) is 2. The van der Waals surface area contributed by atoms with Gasteiger partial charge in [0.15, 0.2) is 5.69 Å².